The number of hydrogen-bond donors (Lipinski definition) is 1. The summed E-state index contributed by atoms with van der Waals surface area (Å²) in [5.74, 6) is 0.709. The number of alkyl halides is 1. The maximum absolute atomic E-state index is 11.3. The van der Waals surface area contributed by atoms with Crippen LogP contribution in [0.4, 0.5) is 5.69 Å². The van der Waals surface area contributed by atoms with Gasteiger partial charge in [-0.1, -0.05) is 30.3 Å². The van der Waals surface area contributed by atoms with Crippen LogP contribution in [0.3, 0.4) is 0 Å². The van der Waals surface area contributed by atoms with Crippen molar-refractivity contribution >= 4 is 35.0 Å². The Hall–Kier alpha value is -1.45. The van der Waals surface area contributed by atoms with E-state index in [2.05, 4.69) is 23.5 Å². The number of carbonyl (C=O) groups is 1. The third-order valence-corrected chi connectivity index (χ3v) is 4.16. The largest absolute Gasteiger partial charge is 0.325 e. The van der Waals surface area contributed by atoms with Crippen LogP contribution in [0.25, 0.3) is 0 Å². The van der Waals surface area contributed by atoms with E-state index in [9.17, 15) is 4.79 Å². The summed E-state index contributed by atoms with van der Waals surface area (Å²) >= 11 is 7.29. The maximum Gasteiger partial charge on any atom is 0.239 e. The van der Waals surface area contributed by atoms with Crippen molar-refractivity contribution in [2.45, 2.75) is 17.6 Å². The Morgan fingerprint density at radius 1 is 1.20 bits per heavy atom. The predicted molar refractivity (Wildman–Crippen MR) is 86.5 cm³/mol. The fourth-order valence-electron chi connectivity index (χ4n) is 1.82. The van der Waals surface area contributed by atoms with Gasteiger partial charge in [0.15, 0.2) is 0 Å². The lowest BCUT2D eigenvalue weighted by molar-refractivity contribution is -0.113. The number of carbonyl (C=O) groups excluding carboxylic acids is 1. The van der Waals surface area contributed by atoms with Crippen LogP contribution >= 0.6 is 23.4 Å². The lowest BCUT2D eigenvalue weighted by Gasteiger charge is -2.09. The van der Waals surface area contributed by atoms with E-state index in [4.69, 9.17) is 11.6 Å². The zero-order valence-corrected chi connectivity index (χ0v) is 12.8. The maximum atomic E-state index is 11.3. The number of nitrogens with one attached hydrogen (secondary N) is 1. The monoisotopic (exact) mass is 305 g/mol. The molecule has 1 amide bonds. The van der Waals surface area contributed by atoms with Crippen LogP contribution in [0.1, 0.15) is 11.1 Å². The van der Waals surface area contributed by atoms with Gasteiger partial charge in [0, 0.05) is 16.3 Å². The van der Waals surface area contributed by atoms with Gasteiger partial charge in [-0.3, -0.25) is 4.79 Å². The van der Waals surface area contributed by atoms with E-state index < -0.39 is 0 Å². The first kappa shape index (κ1) is 14.9. The van der Waals surface area contributed by atoms with Gasteiger partial charge in [-0.2, -0.15) is 0 Å². The normalized spacial score (nSPS) is 10.3. The third-order valence-electron chi connectivity index (χ3n) is 2.83. The molecule has 2 aromatic carbocycles. The number of rotatable bonds is 5. The van der Waals surface area contributed by atoms with Gasteiger partial charge >= 0.3 is 0 Å². The van der Waals surface area contributed by atoms with E-state index in [-0.39, 0.29) is 11.8 Å². The lowest BCUT2D eigenvalue weighted by atomic mass is 10.1. The van der Waals surface area contributed by atoms with Gasteiger partial charge in [-0.25, -0.2) is 0 Å². The Kier molecular flexibility index (Phi) is 5.50. The van der Waals surface area contributed by atoms with E-state index in [0.717, 1.165) is 17.0 Å². The predicted octanol–water partition coefficient (Wildman–Crippen LogP) is 4.46. The zero-order valence-electron chi connectivity index (χ0n) is 11.2. The van der Waals surface area contributed by atoms with Crippen molar-refractivity contribution in [1.82, 2.24) is 0 Å². The van der Waals surface area contributed by atoms with Crippen molar-refractivity contribution in [2.24, 2.45) is 0 Å². The molecule has 2 nitrogen and oxygen atoms in total. The van der Waals surface area contributed by atoms with Gasteiger partial charge in [0.1, 0.15) is 5.88 Å². The SMILES string of the molecule is Cc1cc(CSc2ccccc2)ccc1NC(=O)CCl. The third kappa shape index (κ3) is 4.29. The Labute approximate surface area is 128 Å². The summed E-state index contributed by atoms with van der Waals surface area (Å²) in [6.45, 7) is 1.99. The number of benzene rings is 2. The van der Waals surface area contributed by atoms with Gasteiger partial charge in [0.2, 0.25) is 5.91 Å². The molecule has 2 rings (SSSR count). The molecule has 0 saturated carbocycles. The summed E-state index contributed by atoms with van der Waals surface area (Å²) in [6, 6.07) is 16.4. The van der Waals surface area contributed by atoms with Crippen LogP contribution in [0.15, 0.2) is 53.4 Å². The molecule has 104 valence electrons. The highest BCUT2D eigenvalue weighted by atomic mass is 35.5. The molecular weight excluding hydrogens is 290 g/mol. The Bertz CT molecular complexity index is 586. The molecule has 0 atom stereocenters. The van der Waals surface area contributed by atoms with Crippen LogP contribution in [0, 0.1) is 6.92 Å². The second kappa shape index (κ2) is 7.36. The first-order chi connectivity index (χ1) is 9.69. The molecule has 0 heterocycles. The second-order valence-corrected chi connectivity index (χ2v) is 5.75. The highest BCUT2D eigenvalue weighted by Crippen LogP contribution is 2.24. The molecule has 0 bridgehead atoms. The summed E-state index contributed by atoms with van der Waals surface area (Å²) in [5.41, 5.74) is 3.11. The van der Waals surface area contributed by atoms with Crippen LogP contribution in [0.5, 0.6) is 0 Å². The van der Waals surface area contributed by atoms with E-state index in [0.29, 0.717) is 0 Å². The molecule has 0 radical (unpaired) electrons. The molecular formula is C16H16ClNOS. The minimum absolute atomic E-state index is 0.0228. The number of thioether (sulfide) groups is 1. The average Bonchev–Trinajstić information content (AvgIpc) is 2.48. The van der Waals surface area contributed by atoms with Gasteiger partial charge in [0.25, 0.3) is 0 Å². The molecule has 0 unspecified atom stereocenters. The number of halogens is 1. The fourth-order valence-corrected chi connectivity index (χ4v) is 2.75. The fraction of sp³-hybridized carbons (Fsp3) is 0.188. The Morgan fingerprint density at radius 3 is 2.60 bits per heavy atom. The summed E-state index contributed by atoms with van der Waals surface area (Å²) < 4.78 is 0. The topological polar surface area (TPSA) is 29.1 Å². The molecule has 0 aromatic heterocycles. The van der Waals surface area contributed by atoms with E-state index in [1.54, 1.807) is 11.8 Å². The minimum Gasteiger partial charge on any atom is -0.325 e. The van der Waals surface area contributed by atoms with Crippen molar-refractivity contribution in [2.75, 3.05) is 11.2 Å². The number of amides is 1. The van der Waals surface area contributed by atoms with Gasteiger partial charge in [-0.05, 0) is 36.2 Å². The van der Waals surface area contributed by atoms with Gasteiger partial charge in [0.05, 0.1) is 0 Å². The highest BCUT2D eigenvalue weighted by Gasteiger charge is 2.04. The van der Waals surface area contributed by atoms with Crippen molar-refractivity contribution in [1.29, 1.82) is 0 Å². The van der Waals surface area contributed by atoms with E-state index in [1.807, 2.05) is 37.3 Å². The number of anilines is 1. The van der Waals surface area contributed by atoms with Crippen LogP contribution in [-0.2, 0) is 10.5 Å². The first-order valence-electron chi connectivity index (χ1n) is 6.32. The molecule has 0 fully saturated rings. The quantitative estimate of drug-likeness (QED) is 0.652. The summed E-state index contributed by atoms with van der Waals surface area (Å²) in [7, 11) is 0. The van der Waals surface area contributed by atoms with Crippen molar-refractivity contribution < 1.29 is 4.79 Å². The summed E-state index contributed by atoms with van der Waals surface area (Å²) in [6.07, 6.45) is 0. The molecule has 0 aliphatic carbocycles. The summed E-state index contributed by atoms with van der Waals surface area (Å²) in [4.78, 5) is 12.5. The van der Waals surface area contributed by atoms with Crippen molar-refractivity contribution in [3.63, 3.8) is 0 Å². The highest BCUT2D eigenvalue weighted by molar-refractivity contribution is 7.98. The molecule has 0 aliphatic rings. The van der Waals surface area contributed by atoms with Crippen LogP contribution in [-0.4, -0.2) is 11.8 Å². The molecule has 0 saturated heterocycles. The Balaban J connectivity index is 2.00. The van der Waals surface area contributed by atoms with E-state index in [1.165, 1.54) is 10.5 Å². The van der Waals surface area contributed by atoms with E-state index >= 15 is 0 Å². The molecule has 0 aliphatic heterocycles. The summed E-state index contributed by atoms with van der Waals surface area (Å²) in [5, 5.41) is 2.78. The van der Waals surface area contributed by atoms with Crippen molar-refractivity contribution in [3.8, 4) is 0 Å². The molecule has 2 aromatic rings. The van der Waals surface area contributed by atoms with Crippen LogP contribution in [0.2, 0.25) is 0 Å². The second-order valence-electron chi connectivity index (χ2n) is 4.43. The molecule has 20 heavy (non-hydrogen) atoms. The van der Waals surface area contributed by atoms with Crippen LogP contribution < -0.4 is 5.32 Å². The van der Waals surface area contributed by atoms with Crippen molar-refractivity contribution in [3.05, 3.63) is 59.7 Å². The standard InChI is InChI=1S/C16H16ClNOS/c1-12-9-13(7-8-15(12)18-16(19)10-17)11-20-14-5-3-2-4-6-14/h2-9H,10-11H2,1H3,(H,18,19). The smallest absolute Gasteiger partial charge is 0.239 e. The van der Waals surface area contributed by atoms with Gasteiger partial charge in [-0.15, -0.1) is 23.4 Å². The minimum atomic E-state index is -0.179. The Morgan fingerprint density at radius 2 is 1.95 bits per heavy atom. The lowest BCUT2D eigenvalue weighted by Crippen LogP contribution is -2.13. The van der Waals surface area contributed by atoms with Gasteiger partial charge < -0.3 is 5.32 Å². The number of hydrogen-bond acceptors (Lipinski definition) is 2. The first-order valence-corrected chi connectivity index (χ1v) is 7.84. The zero-order chi connectivity index (χ0) is 14.4. The molecule has 4 heteroatoms. The number of aryl methyl sites for hydroxylation is 1. The molecule has 1 N–H and O–H groups in total. The molecule has 0 spiro atoms. The average molecular weight is 306 g/mol.